The molecule has 2 amide bonds. The number of benzene rings is 1. The molecule has 2 fully saturated rings. The summed E-state index contributed by atoms with van der Waals surface area (Å²) in [6.07, 6.45) is 3.50. The van der Waals surface area contributed by atoms with E-state index >= 15 is 0 Å². The number of nitrogens with zero attached hydrogens (tertiary/aromatic N) is 6. The molecule has 28 heavy (non-hydrogen) atoms. The van der Waals surface area contributed by atoms with Crippen LogP contribution in [-0.2, 0) is 0 Å². The maximum atomic E-state index is 12.9. The molecule has 148 valence electrons. The maximum absolute atomic E-state index is 12.9. The van der Waals surface area contributed by atoms with Crippen LogP contribution in [0.25, 0.3) is 0 Å². The topological polar surface area (TPSA) is 65.0 Å². The molecule has 0 unspecified atom stereocenters. The first-order chi connectivity index (χ1) is 13.8. The lowest BCUT2D eigenvalue weighted by Crippen LogP contribution is -2.57. The first-order valence-corrected chi connectivity index (χ1v) is 9.70. The van der Waals surface area contributed by atoms with E-state index in [-0.39, 0.29) is 6.03 Å². The van der Waals surface area contributed by atoms with Gasteiger partial charge in [0.05, 0.1) is 12.8 Å². The van der Waals surface area contributed by atoms with Gasteiger partial charge in [-0.1, -0.05) is 12.1 Å². The lowest BCUT2D eigenvalue weighted by atomic mass is 10.2. The van der Waals surface area contributed by atoms with Crippen LogP contribution >= 0.6 is 0 Å². The highest BCUT2D eigenvalue weighted by molar-refractivity contribution is 5.75. The Morgan fingerprint density at radius 1 is 0.821 bits per heavy atom. The number of rotatable bonds is 3. The molecule has 0 atom stereocenters. The second-order valence-corrected chi connectivity index (χ2v) is 6.95. The molecule has 2 aliphatic heterocycles. The Kier molecular flexibility index (Phi) is 5.45. The van der Waals surface area contributed by atoms with E-state index in [1.54, 1.807) is 19.5 Å². The number of methoxy groups -OCH3 is 1. The molecular weight excluding hydrogens is 356 g/mol. The number of carbonyl (C=O) groups is 1. The Morgan fingerprint density at radius 3 is 2.00 bits per heavy atom. The van der Waals surface area contributed by atoms with Crippen molar-refractivity contribution in [1.29, 1.82) is 0 Å². The standard InChI is InChI=1S/C20H26N6O2/c1-28-18-6-3-2-5-17(18)23-9-13-25(14-10-23)20(27)26-15-11-24(12-16-26)19-21-7-4-8-22-19/h2-8H,9-16H2,1H3. The van der Waals surface area contributed by atoms with Crippen LogP contribution in [0.3, 0.4) is 0 Å². The number of hydrogen-bond donors (Lipinski definition) is 0. The van der Waals surface area contributed by atoms with Gasteiger partial charge in [-0.2, -0.15) is 0 Å². The molecule has 2 saturated heterocycles. The lowest BCUT2D eigenvalue weighted by molar-refractivity contribution is 0.147. The van der Waals surface area contributed by atoms with Crippen molar-refractivity contribution in [2.45, 2.75) is 0 Å². The number of amides is 2. The van der Waals surface area contributed by atoms with E-state index in [4.69, 9.17) is 4.74 Å². The summed E-state index contributed by atoms with van der Waals surface area (Å²) >= 11 is 0. The van der Waals surface area contributed by atoms with Gasteiger partial charge in [0.25, 0.3) is 0 Å². The van der Waals surface area contributed by atoms with Crippen molar-refractivity contribution < 1.29 is 9.53 Å². The number of urea groups is 1. The molecule has 0 N–H and O–H groups in total. The second-order valence-electron chi connectivity index (χ2n) is 6.95. The van der Waals surface area contributed by atoms with Crippen molar-refractivity contribution in [3.05, 3.63) is 42.7 Å². The molecule has 1 aromatic carbocycles. The van der Waals surface area contributed by atoms with Crippen molar-refractivity contribution in [1.82, 2.24) is 19.8 Å². The van der Waals surface area contributed by atoms with Gasteiger partial charge in [0.1, 0.15) is 5.75 Å². The predicted octanol–water partition coefficient (Wildman–Crippen LogP) is 1.55. The van der Waals surface area contributed by atoms with E-state index in [0.717, 1.165) is 56.7 Å². The van der Waals surface area contributed by atoms with Crippen LogP contribution in [0.5, 0.6) is 5.75 Å². The van der Waals surface area contributed by atoms with Crippen molar-refractivity contribution in [2.75, 3.05) is 69.3 Å². The Morgan fingerprint density at radius 2 is 1.39 bits per heavy atom. The highest BCUT2D eigenvalue weighted by atomic mass is 16.5. The molecule has 8 heteroatoms. The Labute approximate surface area is 165 Å². The Bertz CT molecular complexity index is 786. The first-order valence-electron chi connectivity index (χ1n) is 9.70. The number of piperazine rings is 2. The van der Waals surface area contributed by atoms with Gasteiger partial charge in [0, 0.05) is 64.8 Å². The van der Waals surface area contributed by atoms with Gasteiger partial charge in [-0.3, -0.25) is 0 Å². The van der Waals surface area contributed by atoms with E-state index in [9.17, 15) is 4.79 Å². The van der Waals surface area contributed by atoms with E-state index in [1.165, 1.54) is 0 Å². The predicted molar refractivity (Wildman–Crippen MR) is 108 cm³/mol. The van der Waals surface area contributed by atoms with Gasteiger partial charge in [-0.25, -0.2) is 14.8 Å². The van der Waals surface area contributed by atoms with Gasteiger partial charge < -0.3 is 24.3 Å². The summed E-state index contributed by atoms with van der Waals surface area (Å²) in [6, 6.07) is 9.99. The fourth-order valence-corrected chi connectivity index (χ4v) is 3.78. The first kappa shape index (κ1) is 18.3. The van der Waals surface area contributed by atoms with Crippen LogP contribution in [-0.4, -0.2) is 85.3 Å². The molecule has 8 nitrogen and oxygen atoms in total. The summed E-state index contributed by atoms with van der Waals surface area (Å²) in [4.78, 5) is 29.8. The summed E-state index contributed by atoms with van der Waals surface area (Å²) in [5.41, 5.74) is 1.09. The van der Waals surface area contributed by atoms with Crippen molar-refractivity contribution >= 4 is 17.7 Å². The molecule has 0 spiro atoms. The zero-order chi connectivity index (χ0) is 19.3. The number of carbonyl (C=O) groups excluding carboxylic acids is 1. The number of aromatic nitrogens is 2. The number of para-hydroxylation sites is 2. The molecule has 0 bridgehead atoms. The summed E-state index contributed by atoms with van der Waals surface area (Å²) in [7, 11) is 1.69. The normalized spacial score (nSPS) is 17.6. The van der Waals surface area contributed by atoms with Crippen LogP contribution < -0.4 is 14.5 Å². The van der Waals surface area contributed by atoms with Crippen LogP contribution in [0.4, 0.5) is 16.4 Å². The smallest absolute Gasteiger partial charge is 0.320 e. The molecule has 0 aliphatic carbocycles. The maximum Gasteiger partial charge on any atom is 0.320 e. The fraction of sp³-hybridized carbons (Fsp3) is 0.450. The van der Waals surface area contributed by atoms with Gasteiger partial charge >= 0.3 is 6.03 Å². The number of ether oxygens (including phenoxy) is 1. The highest BCUT2D eigenvalue weighted by Gasteiger charge is 2.29. The van der Waals surface area contributed by atoms with Gasteiger partial charge in [0.15, 0.2) is 0 Å². The molecule has 0 radical (unpaired) electrons. The highest BCUT2D eigenvalue weighted by Crippen LogP contribution is 2.28. The summed E-state index contributed by atoms with van der Waals surface area (Å²) in [5, 5.41) is 0. The Hall–Kier alpha value is -3.03. The molecule has 2 aromatic rings. The molecule has 2 aliphatic rings. The van der Waals surface area contributed by atoms with Crippen LogP contribution in [0.2, 0.25) is 0 Å². The number of hydrogen-bond acceptors (Lipinski definition) is 6. The third kappa shape index (κ3) is 3.81. The molecule has 3 heterocycles. The van der Waals surface area contributed by atoms with Crippen LogP contribution in [0, 0.1) is 0 Å². The zero-order valence-electron chi connectivity index (χ0n) is 16.2. The largest absolute Gasteiger partial charge is 0.495 e. The molecule has 1 aromatic heterocycles. The second kappa shape index (κ2) is 8.33. The van der Waals surface area contributed by atoms with E-state index in [1.807, 2.05) is 34.1 Å². The zero-order valence-corrected chi connectivity index (χ0v) is 16.2. The minimum Gasteiger partial charge on any atom is -0.495 e. The van der Waals surface area contributed by atoms with Gasteiger partial charge in [-0.05, 0) is 18.2 Å². The van der Waals surface area contributed by atoms with Gasteiger partial charge in [-0.15, -0.1) is 0 Å². The van der Waals surface area contributed by atoms with Crippen molar-refractivity contribution in [3.63, 3.8) is 0 Å². The monoisotopic (exact) mass is 382 g/mol. The number of anilines is 2. The van der Waals surface area contributed by atoms with E-state index in [0.29, 0.717) is 13.1 Å². The van der Waals surface area contributed by atoms with E-state index in [2.05, 4.69) is 25.8 Å². The SMILES string of the molecule is COc1ccccc1N1CCN(C(=O)N2CCN(c3ncccn3)CC2)CC1. The van der Waals surface area contributed by atoms with Crippen molar-refractivity contribution in [2.24, 2.45) is 0 Å². The molecular formula is C20H26N6O2. The summed E-state index contributed by atoms with van der Waals surface area (Å²) in [6.45, 7) is 5.98. The van der Waals surface area contributed by atoms with E-state index < -0.39 is 0 Å². The Balaban J connectivity index is 1.30. The minimum atomic E-state index is 0.133. The van der Waals surface area contributed by atoms with Crippen LogP contribution in [0.1, 0.15) is 0 Å². The quantitative estimate of drug-likeness (QED) is 0.803. The third-order valence-corrected chi connectivity index (χ3v) is 5.36. The summed E-state index contributed by atoms with van der Waals surface area (Å²) < 4.78 is 5.47. The van der Waals surface area contributed by atoms with Crippen molar-refractivity contribution in [3.8, 4) is 5.75 Å². The van der Waals surface area contributed by atoms with Crippen LogP contribution in [0.15, 0.2) is 42.7 Å². The minimum absolute atomic E-state index is 0.133. The fourth-order valence-electron chi connectivity index (χ4n) is 3.78. The summed E-state index contributed by atoms with van der Waals surface area (Å²) in [5.74, 6) is 1.61. The molecule has 4 rings (SSSR count). The van der Waals surface area contributed by atoms with Gasteiger partial charge in [0.2, 0.25) is 5.95 Å². The average molecular weight is 382 g/mol. The molecule has 0 saturated carbocycles. The average Bonchev–Trinajstić information content (AvgIpc) is 2.79. The lowest BCUT2D eigenvalue weighted by Gasteiger charge is -2.41. The third-order valence-electron chi connectivity index (χ3n) is 5.36.